The molecule has 0 radical (unpaired) electrons. The van der Waals surface area contributed by atoms with Gasteiger partial charge in [0.05, 0.1) is 0 Å². The van der Waals surface area contributed by atoms with E-state index in [2.05, 4.69) is 46.0 Å². The van der Waals surface area contributed by atoms with Gasteiger partial charge in [0.25, 0.3) is 0 Å². The zero-order valence-corrected chi connectivity index (χ0v) is 12.7. The second-order valence-corrected chi connectivity index (χ2v) is 6.14. The highest BCUT2D eigenvalue weighted by atomic mass is 79.9. The third kappa shape index (κ3) is 3.56. The molecule has 0 saturated carbocycles. The molecule has 2 nitrogen and oxygen atoms in total. The number of aryl methyl sites for hydroxylation is 1. The molecule has 18 heavy (non-hydrogen) atoms. The van der Waals surface area contributed by atoms with Gasteiger partial charge in [-0.1, -0.05) is 34.5 Å². The molecule has 0 amide bonds. The summed E-state index contributed by atoms with van der Waals surface area (Å²) in [6.45, 7) is 5.25. The Bertz CT molecular complexity index is 390. The minimum absolute atomic E-state index is 0.688. The Hall–Kier alpha value is -0.380. The first-order valence-electron chi connectivity index (χ1n) is 6.90. The minimum atomic E-state index is 0.688. The molecule has 2 N–H and O–H groups in total. The molecular formula is C15H23BrN2. The van der Waals surface area contributed by atoms with Crippen molar-refractivity contribution >= 4 is 15.9 Å². The molecule has 0 aromatic heterocycles. The average Bonchev–Trinajstić information content (AvgIpc) is 2.37. The van der Waals surface area contributed by atoms with Crippen LogP contribution in [-0.4, -0.2) is 24.0 Å². The fourth-order valence-corrected chi connectivity index (χ4v) is 3.07. The SMILES string of the molecule is Cc1cc(CN2CCCCC2CCN)ccc1Br. The number of hydrogen-bond donors (Lipinski definition) is 1. The second-order valence-electron chi connectivity index (χ2n) is 5.28. The molecule has 1 fully saturated rings. The third-order valence-electron chi connectivity index (χ3n) is 3.86. The molecule has 1 unspecified atom stereocenters. The maximum atomic E-state index is 5.73. The first-order valence-corrected chi connectivity index (χ1v) is 7.69. The quantitative estimate of drug-likeness (QED) is 0.922. The molecule has 100 valence electrons. The van der Waals surface area contributed by atoms with Crippen molar-refractivity contribution < 1.29 is 0 Å². The molecule has 1 aromatic carbocycles. The van der Waals surface area contributed by atoms with Gasteiger partial charge >= 0.3 is 0 Å². The van der Waals surface area contributed by atoms with Gasteiger partial charge in [0.2, 0.25) is 0 Å². The Labute approximate surface area is 119 Å². The summed E-state index contributed by atoms with van der Waals surface area (Å²) >= 11 is 3.56. The Kier molecular flexibility index (Phi) is 5.22. The number of rotatable bonds is 4. The van der Waals surface area contributed by atoms with Crippen LogP contribution in [0, 0.1) is 6.92 Å². The van der Waals surface area contributed by atoms with E-state index in [1.165, 1.54) is 41.4 Å². The fourth-order valence-electron chi connectivity index (χ4n) is 2.83. The fraction of sp³-hybridized carbons (Fsp3) is 0.600. The summed E-state index contributed by atoms with van der Waals surface area (Å²) in [5.74, 6) is 0. The lowest BCUT2D eigenvalue weighted by Gasteiger charge is -2.35. The van der Waals surface area contributed by atoms with Gasteiger partial charge in [-0.25, -0.2) is 0 Å². The standard InChI is InChI=1S/C15H23BrN2/c1-12-10-13(5-6-15(12)16)11-18-9-3-2-4-14(18)7-8-17/h5-6,10,14H,2-4,7-9,11,17H2,1H3. The predicted octanol–water partition coefficient (Wildman–Crippen LogP) is 3.46. The molecule has 3 heteroatoms. The van der Waals surface area contributed by atoms with Crippen LogP contribution < -0.4 is 5.73 Å². The van der Waals surface area contributed by atoms with Crippen molar-refractivity contribution in [3.63, 3.8) is 0 Å². The number of nitrogens with zero attached hydrogens (tertiary/aromatic N) is 1. The normalized spacial score (nSPS) is 21.2. The van der Waals surface area contributed by atoms with Crippen molar-refractivity contribution in [3.8, 4) is 0 Å². The highest BCUT2D eigenvalue weighted by Crippen LogP contribution is 2.23. The topological polar surface area (TPSA) is 29.3 Å². The Morgan fingerprint density at radius 2 is 2.22 bits per heavy atom. The van der Waals surface area contributed by atoms with Crippen LogP contribution in [0.5, 0.6) is 0 Å². The Morgan fingerprint density at radius 1 is 1.39 bits per heavy atom. The number of nitrogens with two attached hydrogens (primary N) is 1. The first kappa shape index (κ1) is 14.0. The molecule has 1 aliphatic heterocycles. The van der Waals surface area contributed by atoms with Crippen LogP contribution in [-0.2, 0) is 6.54 Å². The van der Waals surface area contributed by atoms with E-state index >= 15 is 0 Å². The zero-order chi connectivity index (χ0) is 13.0. The Morgan fingerprint density at radius 3 is 2.94 bits per heavy atom. The van der Waals surface area contributed by atoms with Crippen LogP contribution in [0.1, 0.15) is 36.8 Å². The van der Waals surface area contributed by atoms with Crippen molar-refractivity contribution in [2.75, 3.05) is 13.1 Å². The maximum Gasteiger partial charge on any atom is 0.0236 e. The number of halogens is 1. The molecule has 0 aliphatic carbocycles. The van der Waals surface area contributed by atoms with Gasteiger partial charge in [0.15, 0.2) is 0 Å². The summed E-state index contributed by atoms with van der Waals surface area (Å²) in [5.41, 5.74) is 8.46. The van der Waals surface area contributed by atoms with E-state index in [1.54, 1.807) is 0 Å². The lowest BCUT2D eigenvalue weighted by atomic mass is 9.98. The van der Waals surface area contributed by atoms with Gasteiger partial charge in [0.1, 0.15) is 0 Å². The molecule has 2 rings (SSSR count). The van der Waals surface area contributed by atoms with Crippen LogP contribution in [0.3, 0.4) is 0 Å². The summed E-state index contributed by atoms with van der Waals surface area (Å²) in [6, 6.07) is 7.36. The van der Waals surface area contributed by atoms with Crippen LogP contribution in [0.25, 0.3) is 0 Å². The van der Waals surface area contributed by atoms with Crippen molar-refractivity contribution in [3.05, 3.63) is 33.8 Å². The molecule has 1 aromatic rings. The van der Waals surface area contributed by atoms with Crippen LogP contribution in [0.2, 0.25) is 0 Å². The van der Waals surface area contributed by atoms with Crippen molar-refractivity contribution in [2.24, 2.45) is 5.73 Å². The van der Waals surface area contributed by atoms with E-state index < -0.39 is 0 Å². The van der Waals surface area contributed by atoms with Crippen LogP contribution >= 0.6 is 15.9 Å². The highest BCUT2D eigenvalue weighted by molar-refractivity contribution is 9.10. The first-order chi connectivity index (χ1) is 8.70. The third-order valence-corrected chi connectivity index (χ3v) is 4.75. The van der Waals surface area contributed by atoms with Crippen LogP contribution in [0.4, 0.5) is 0 Å². The van der Waals surface area contributed by atoms with Crippen molar-refractivity contribution in [1.82, 2.24) is 4.90 Å². The van der Waals surface area contributed by atoms with Crippen LogP contribution in [0.15, 0.2) is 22.7 Å². The van der Waals surface area contributed by atoms with Gasteiger partial charge in [-0.3, -0.25) is 4.90 Å². The number of benzene rings is 1. The molecule has 1 atom stereocenters. The smallest absolute Gasteiger partial charge is 0.0236 e. The average molecular weight is 311 g/mol. The van der Waals surface area contributed by atoms with E-state index in [0.29, 0.717) is 6.04 Å². The molecule has 0 spiro atoms. The van der Waals surface area contributed by atoms with Gasteiger partial charge in [-0.2, -0.15) is 0 Å². The summed E-state index contributed by atoms with van der Waals surface area (Å²) < 4.78 is 1.20. The summed E-state index contributed by atoms with van der Waals surface area (Å²) in [6.07, 6.45) is 5.14. The highest BCUT2D eigenvalue weighted by Gasteiger charge is 2.21. The largest absolute Gasteiger partial charge is 0.330 e. The second kappa shape index (κ2) is 6.69. The molecule has 1 aliphatic rings. The van der Waals surface area contributed by atoms with Gasteiger partial charge in [-0.15, -0.1) is 0 Å². The van der Waals surface area contributed by atoms with E-state index in [-0.39, 0.29) is 0 Å². The Balaban J connectivity index is 2.03. The van der Waals surface area contributed by atoms with Gasteiger partial charge in [0, 0.05) is 17.1 Å². The van der Waals surface area contributed by atoms with E-state index in [1.807, 2.05) is 0 Å². The summed E-state index contributed by atoms with van der Waals surface area (Å²) in [5, 5.41) is 0. The van der Waals surface area contributed by atoms with Gasteiger partial charge in [-0.05, 0) is 56.5 Å². The van der Waals surface area contributed by atoms with Crippen molar-refractivity contribution in [2.45, 2.75) is 45.2 Å². The minimum Gasteiger partial charge on any atom is -0.330 e. The lowest BCUT2D eigenvalue weighted by Crippen LogP contribution is -2.40. The zero-order valence-electron chi connectivity index (χ0n) is 11.2. The molecular weight excluding hydrogens is 288 g/mol. The molecule has 0 bridgehead atoms. The van der Waals surface area contributed by atoms with Crippen molar-refractivity contribution in [1.29, 1.82) is 0 Å². The number of likely N-dealkylation sites (tertiary alicyclic amines) is 1. The van der Waals surface area contributed by atoms with E-state index in [9.17, 15) is 0 Å². The van der Waals surface area contributed by atoms with E-state index in [4.69, 9.17) is 5.73 Å². The lowest BCUT2D eigenvalue weighted by molar-refractivity contribution is 0.134. The van der Waals surface area contributed by atoms with Gasteiger partial charge < -0.3 is 5.73 Å². The molecule has 1 heterocycles. The number of piperidine rings is 1. The summed E-state index contributed by atoms with van der Waals surface area (Å²) in [7, 11) is 0. The summed E-state index contributed by atoms with van der Waals surface area (Å²) in [4.78, 5) is 2.61. The molecule has 1 saturated heterocycles. The predicted molar refractivity (Wildman–Crippen MR) is 80.6 cm³/mol. The van der Waals surface area contributed by atoms with E-state index in [0.717, 1.165) is 19.5 Å². The number of hydrogen-bond acceptors (Lipinski definition) is 2. The monoisotopic (exact) mass is 310 g/mol. The maximum absolute atomic E-state index is 5.73.